The Morgan fingerprint density at radius 3 is 2.42 bits per heavy atom. The summed E-state index contributed by atoms with van der Waals surface area (Å²) in [5, 5.41) is 2.73. The molecule has 128 valence electrons. The molecule has 8 heteroatoms. The number of halogens is 2. The monoisotopic (exact) mass is 370 g/mol. The van der Waals surface area contributed by atoms with E-state index < -0.39 is 21.7 Å². The maximum Gasteiger partial charge on any atom is 0.264 e. The summed E-state index contributed by atoms with van der Waals surface area (Å²) in [6.07, 6.45) is 0. The first kappa shape index (κ1) is 18.2. The van der Waals surface area contributed by atoms with Crippen molar-refractivity contribution in [3.63, 3.8) is 0 Å². The number of benzene rings is 2. The molecular weight excluding hydrogens is 355 g/mol. The molecule has 2 aromatic carbocycles. The van der Waals surface area contributed by atoms with Crippen molar-refractivity contribution >= 4 is 33.2 Å². The lowest BCUT2D eigenvalue weighted by molar-refractivity contribution is 0.0955. The Morgan fingerprint density at radius 1 is 1.21 bits per heavy atom. The number of nitrogens with one attached hydrogen (secondary N) is 1. The van der Waals surface area contributed by atoms with E-state index in [1.54, 1.807) is 6.92 Å². The van der Waals surface area contributed by atoms with Crippen molar-refractivity contribution in [3.05, 3.63) is 58.9 Å². The molecule has 0 unspecified atom stereocenters. The molecule has 0 spiro atoms. The van der Waals surface area contributed by atoms with E-state index in [-0.39, 0.29) is 15.5 Å². The highest BCUT2D eigenvalue weighted by molar-refractivity contribution is 7.92. The Hall–Kier alpha value is -2.12. The van der Waals surface area contributed by atoms with Crippen LogP contribution in [0.2, 0.25) is 5.02 Å². The first-order chi connectivity index (χ1) is 11.3. The normalized spacial score (nSPS) is 11.2. The van der Waals surface area contributed by atoms with Crippen LogP contribution in [0.5, 0.6) is 0 Å². The zero-order chi connectivity index (χ0) is 17.9. The third-order valence-electron chi connectivity index (χ3n) is 3.37. The number of amides is 1. The molecular formula is C16H16ClFN2O3S. The Morgan fingerprint density at radius 2 is 1.83 bits per heavy atom. The zero-order valence-corrected chi connectivity index (χ0v) is 14.7. The van der Waals surface area contributed by atoms with Gasteiger partial charge < -0.3 is 5.32 Å². The lowest BCUT2D eigenvalue weighted by Crippen LogP contribution is -2.27. The van der Waals surface area contributed by atoms with Gasteiger partial charge in [0.25, 0.3) is 15.9 Å². The van der Waals surface area contributed by atoms with E-state index in [4.69, 9.17) is 11.6 Å². The molecule has 2 aromatic rings. The molecule has 24 heavy (non-hydrogen) atoms. The van der Waals surface area contributed by atoms with Crippen molar-refractivity contribution in [1.29, 1.82) is 0 Å². The molecule has 2 rings (SSSR count). The van der Waals surface area contributed by atoms with Crippen molar-refractivity contribution in [1.82, 2.24) is 5.32 Å². The van der Waals surface area contributed by atoms with Crippen LogP contribution in [-0.2, 0) is 10.0 Å². The molecule has 0 saturated carbocycles. The highest BCUT2D eigenvalue weighted by Gasteiger charge is 2.23. The predicted octanol–water partition coefficient (Wildman–Crippen LogP) is 3.05. The van der Waals surface area contributed by atoms with Gasteiger partial charge >= 0.3 is 0 Å². The topological polar surface area (TPSA) is 66.5 Å². The van der Waals surface area contributed by atoms with E-state index in [1.807, 2.05) is 0 Å². The number of carbonyl (C=O) groups excluding carboxylic acids is 1. The van der Waals surface area contributed by atoms with Crippen molar-refractivity contribution in [3.8, 4) is 0 Å². The lowest BCUT2D eigenvalue weighted by atomic mass is 10.2. The van der Waals surface area contributed by atoms with Crippen LogP contribution in [0.4, 0.5) is 10.1 Å². The van der Waals surface area contributed by atoms with Crippen molar-refractivity contribution in [2.45, 2.75) is 11.8 Å². The van der Waals surface area contributed by atoms with Gasteiger partial charge in [0.1, 0.15) is 5.82 Å². The van der Waals surface area contributed by atoms with Crippen LogP contribution in [0, 0.1) is 5.82 Å². The minimum absolute atomic E-state index is 0.0760. The molecule has 0 radical (unpaired) electrons. The largest absolute Gasteiger partial charge is 0.352 e. The number of hydrogen-bond donors (Lipinski definition) is 1. The smallest absolute Gasteiger partial charge is 0.264 e. The van der Waals surface area contributed by atoms with Crippen LogP contribution in [0.25, 0.3) is 0 Å². The summed E-state index contributed by atoms with van der Waals surface area (Å²) in [6, 6.07) is 8.95. The lowest BCUT2D eigenvalue weighted by Gasteiger charge is -2.20. The molecule has 0 saturated heterocycles. The molecule has 0 aliphatic rings. The SMILES string of the molecule is CCNC(=O)c1cc(S(=O)(=O)N(C)c2ccc(F)cc2)ccc1Cl. The highest BCUT2D eigenvalue weighted by Crippen LogP contribution is 2.25. The Balaban J connectivity index is 2.44. The van der Waals surface area contributed by atoms with Crippen LogP contribution in [0.1, 0.15) is 17.3 Å². The van der Waals surface area contributed by atoms with Gasteiger partial charge in [-0.3, -0.25) is 9.10 Å². The Bertz CT molecular complexity index is 854. The first-order valence-electron chi connectivity index (χ1n) is 7.09. The fraction of sp³-hybridized carbons (Fsp3) is 0.188. The van der Waals surface area contributed by atoms with Gasteiger partial charge in [0.15, 0.2) is 0 Å². The molecule has 0 aliphatic carbocycles. The summed E-state index contributed by atoms with van der Waals surface area (Å²) in [5.41, 5.74) is 0.373. The maximum absolute atomic E-state index is 13.0. The number of hydrogen-bond acceptors (Lipinski definition) is 3. The van der Waals surface area contributed by atoms with Gasteiger partial charge in [-0.05, 0) is 49.4 Å². The summed E-state index contributed by atoms with van der Waals surface area (Å²) < 4.78 is 39.5. The standard InChI is InChI=1S/C16H16ClFN2O3S/c1-3-19-16(21)14-10-13(8-9-15(14)17)24(22,23)20(2)12-6-4-11(18)5-7-12/h4-10H,3H2,1-2H3,(H,19,21). The van der Waals surface area contributed by atoms with E-state index in [2.05, 4.69) is 5.32 Å². The average Bonchev–Trinajstić information content (AvgIpc) is 2.55. The second-order valence-corrected chi connectivity index (χ2v) is 7.33. The van der Waals surface area contributed by atoms with Crippen LogP contribution in [0.3, 0.4) is 0 Å². The van der Waals surface area contributed by atoms with Crippen molar-refractivity contribution in [2.24, 2.45) is 0 Å². The highest BCUT2D eigenvalue weighted by atomic mass is 35.5. The van der Waals surface area contributed by atoms with E-state index >= 15 is 0 Å². The number of carbonyl (C=O) groups is 1. The van der Waals surface area contributed by atoms with E-state index in [9.17, 15) is 17.6 Å². The van der Waals surface area contributed by atoms with Gasteiger partial charge in [-0.25, -0.2) is 12.8 Å². The third kappa shape index (κ3) is 3.68. The minimum atomic E-state index is -3.92. The number of rotatable bonds is 5. The van der Waals surface area contributed by atoms with Gasteiger partial charge in [0.05, 0.1) is 21.2 Å². The quantitative estimate of drug-likeness (QED) is 0.879. The van der Waals surface area contributed by atoms with E-state index in [0.717, 1.165) is 4.31 Å². The molecule has 0 aromatic heterocycles. The van der Waals surface area contributed by atoms with Crippen LogP contribution in [0.15, 0.2) is 47.4 Å². The van der Waals surface area contributed by atoms with Crippen LogP contribution >= 0.6 is 11.6 Å². The Kier molecular flexibility index (Phi) is 5.46. The predicted molar refractivity (Wildman–Crippen MR) is 91.4 cm³/mol. The molecule has 0 fully saturated rings. The van der Waals surface area contributed by atoms with Gasteiger partial charge in [0.2, 0.25) is 0 Å². The second kappa shape index (κ2) is 7.19. The molecule has 0 bridgehead atoms. The second-order valence-electron chi connectivity index (χ2n) is 4.95. The van der Waals surface area contributed by atoms with Gasteiger partial charge in [-0.15, -0.1) is 0 Å². The molecule has 0 heterocycles. The van der Waals surface area contributed by atoms with E-state index in [1.165, 1.54) is 49.5 Å². The first-order valence-corrected chi connectivity index (χ1v) is 8.91. The summed E-state index contributed by atoms with van der Waals surface area (Å²) in [7, 11) is -2.57. The average molecular weight is 371 g/mol. The van der Waals surface area contributed by atoms with Gasteiger partial charge in [-0.1, -0.05) is 11.6 Å². The fourth-order valence-corrected chi connectivity index (χ4v) is 3.47. The third-order valence-corrected chi connectivity index (χ3v) is 5.48. The molecule has 0 atom stereocenters. The van der Waals surface area contributed by atoms with E-state index in [0.29, 0.717) is 12.2 Å². The maximum atomic E-state index is 13.0. The molecule has 1 amide bonds. The van der Waals surface area contributed by atoms with Gasteiger partial charge in [-0.2, -0.15) is 0 Å². The van der Waals surface area contributed by atoms with Crippen molar-refractivity contribution in [2.75, 3.05) is 17.9 Å². The zero-order valence-electron chi connectivity index (χ0n) is 13.1. The van der Waals surface area contributed by atoms with Crippen LogP contribution < -0.4 is 9.62 Å². The summed E-state index contributed by atoms with van der Waals surface area (Å²) in [5.74, 6) is -0.918. The fourth-order valence-electron chi connectivity index (χ4n) is 2.04. The molecule has 5 nitrogen and oxygen atoms in total. The number of nitrogens with zero attached hydrogens (tertiary/aromatic N) is 1. The minimum Gasteiger partial charge on any atom is -0.352 e. The molecule has 1 N–H and O–H groups in total. The van der Waals surface area contributed by atoms with Crippen LogP contribution in [-0.4, -0.2) is 27.9 Å². The van der Waals surface area contributed by atoms with Crippen molar-refractivity contribution < 1.29 is 17.6 Å². The molecule has 0 aliphatic heterocycles. The summed E-state index contributed by atoms with van der Waals surface area (Å²) in [4.78, 5) is 11.9. The summed E-state index contributed by atoms with van der Waals surface area (Å²) >= 11 is 5.98. The van der Waals surface area contributed by atoms with Gasteiger partial charge in [0, 0.05) is 13.6 Å². The Labute approximate surface area is 145 Å². The number of sulfonamides is 1. The summed E-state index contributed by atoms with van der Waals surface area (Å²) in [6.45, 7) is 2.14. The number of anilines is 1.